The van der Waals surface area contributed by atoms with E-state index in [0.717, 1.165) is 5.69 Å². The molecule has 1 rings (SSSR count). The number of aliphatic hydroxyl groups is 1. The summed E-state index contributed by atoms with van der Waals surface area (Å²) in [5, 5.41) is 22.4. The number of pyridine rings is 1. The van der Waals surface area contributed by atoms with Gasteiger partial charge in [0, 0.05) is 32.4 Å². The maximum absolute atomic E-state index is 10.2. The number of hydrogen-bond acceptors (Lipinski definition) is 5. The van der Waals surface area contributed by atoms with Gasteiger partial charge in [-0.15, -0.1) is 0 Å². The topological polar surface area (TPSA) is 78.2 Å². The molecule has 19 heavy (non-hydrogen) atoms. The largest absolute Gasteiger partial charge is 0.388 e. The van der Waals surface area contributed by atoms with Crippen LogP contribution in [-0.2, 0) is 4.74 Å². The number of ether oxygens (including phenoxy) is 1. The van der Waals surface area contributed by atoms with Crippen molar-refractivity contribution in [2.45, 2.75) is 32.8 Å². The third-order valence-corrected chi connectivity index (χ3v) is 2.94. The molecule has 5 heteroatoms. The molecule has 0 spiro atoms. The smallest absolute Gasteiger partial charge is 0.103 e. The molecule has 0 saturated heterocycles. The lowest BCUT2D eigenvalue weighted by Gasteiger charge is -2.24. The first kappa shape index (κ1) is 15.4. The third kappa shape index (κ3) is 4.51. The van der Waals surface area contributed by atoms with Crippen molar-refractivity contribution in [1.29, 1.82) is 5.26 Å². The third-order valence-electron chi connectivity index (χ3n) is 2.94. The fourth-order valence-corrected chi connectivity index (χ4v) is 1.81. The molecule has 1 unspecified atom stereocenters. The molecule has 1 aromatic heterocycles. The number of methoxy groups -OCH3 is 1. The van der Waals surface area contributed by atoms with Crippen LogP contribution in [0.15, 0.2) is 6.07 Å². The standard InChI is InChI=1S/C14H21N3O2/c1-10-7-13(12(8-15)11(2)17-10)16-9-14(3,18)5-6-19-4/h7,18H,5-6,9H2,1-4H3,(H,16,17). The molecule has 0 saturated carbocycles. The van der Waals surface area contributed by atoms with E-state index in [1.807, 2.05) is 13.0 Å². The van der Waals surface area contributed by atoms with Gasteiger partial charge in [0.25, 0.3) is 0 Å². The highest BCUT2D eigenvalue weighted by molar-refractivity contribution is 5.59. The summed E-state index contributed by atoms with van der Waals surface area (Å²) < 4.78 is 4.96. The fourth-order valence-electron chi connectivity index (χ4n) is 1.81. The Balaban J connectivity index is 2.80. The quantitative estimate of drug-likeness (QED) is 0.817. The molecule has 0 bridgehead atoms. The number of anilines is 1. The van der Waals surface area contributed by atoms with Crippen molar-refractivity contribution in [1.82, 2.24) is 4.98 Å². The van der Waals surface area contributed by atoms with Crippen LogP contribution in [0.4, 0.5) is 5.69 Å². The van der Waals surface area contributed by atoms with E-state index >= 15 is 0 Å². The first-order valence-electron chi connectivity index (χ1n) is 6.23. The number of hydrogen-bond donors (Lipinski definition) is 2. The molecular formula is C14H21N3O2. The van der Waals surface area contributed by atoms with E-state index in [1.165, 1.54) is 0 Å². The zero-order valence-corrected chi connectivity index (χ0v) is 11.9. The van der Waals surface area contributed by atoms with Gasteiger partial charge in [0.05, 0.1) is 22.5 Å². The molecule has 0 aliphatic rings. The van der Waals surface area contributed by atoms with Crippen molar-refractivity contribution in [3.8, 4) is 6.07 Å². The van der Waals surface area contributed by atoms with Crippen molar-refractivity contribution >= 4 is 5.69 Å². The van der Waals surface area contributed by atoms with Crippen LogP contribution < -0.4 is 5.32 Å². The second-order valence-electron chi connectivity index (χ2n) is 4.98. The van der Waals surface area contributed by atoms with Crippen LogP contribution in [0.1, 0.15) is 30.3 Å². The maximum Gasteiger partial charge on any atom is 0.103 e. The Bertz CT molecular complexity index is 478. The molecule has 1 aromatic rings. The summed E-state index contributed by atoms with van der Waals surface area (Å²) in [6.07, 6.45) is 0.529. The summed E-state index contributed by atoms with van der Waals surface area (Å²) in [7, 11) is 1.60. The van der Waals surface area contributed by atoms with Crippen LogP contribution in [0.2, 0.25) is 0 Å². The lowest BCUT2D eigenvalue weighted by atomic mass is 10.0. The Morgan fingerprint density at radius 1 is 1.53 bits per heavy atom. The zero-order valence-electron chi connectivity index (χ0n) is 11.9. The molecular weight excluding hydrogens is 242 g/mol. The molecule has 0 aromatic carbocycles. The normalized spacial score (nSPS) is 13.7. The van der Waals surface area contributed by atoms with Crippen molar-refractivity contribution in [2.75, 3.05) is 25.6 Å². The highest BCUT2D eigenvalue weighted by Gasteiger charge is 2.20. The summed E-state index contributed by atoms with van der Waals surface area (Å²) in [6, 6.07) is 3.96. The van der Waals surface area contributed by atoms with Gasteiger partial charge in [0.2, 0.25) is 0 Å². The molecule has 1 atom stereocenters. The number of nitrogens with zero attached hydrogens (tertiary/aromatic N) is 2. The Hall–Kier alpha value is -1.64. The molecule has 0 amide bonds. The molecule has 5 nitrogen and oxygen atoms in total. The van der Waals surface area contributed by atoms with E-state index in [2.05, 4.69) is 16.4 Å². The van der Waals surface area contributed by atoms with Crippen molar-refractivity contribution in [2.24, 2.45) is 0 Å². The monoisotopic (exact) mass is 263 g/mol. The van der Waals surface area contributed by atoms with Crippen LogP contribution in [0, 0.1) is 25.2 Å². The predicted octanol–water partition coefficient (Wildman–Crippen LogP) is 1.77. The van der Waals surface area contributed by atoms with Crippen molar-refractivity contribution in [3.05, 3.63) is 23.0 Å². The van der Waals surface area contributed by atoms with E-state index in [4.69, 9.17) is 10.00 Å². The van der Waals surface area contributed by atoms with Crippen LogP contribution in [-0.4, -0.2) is 36.0 Å². The highest BCUT2D eigenvalue weighted by atomic mass is 16.5. The number of rotatable bonds is 6. The number of aromatic nitrogens is 1. The maximum atomic E-state index is 10.2. The first-order chi connectivity index (χ1) is 8.89. The summed E-state index contributed by atoms with van der Waals surface area (Å²) in [5.74, 6) is 0. The van der Waals surface area contributed by atoms with Crippen LogP contribution >= 0.6 is 0 Å². The van der Waals surface area contributed by atoms with Gasteiger partial charge < -0.3 is 15.2 Å². The van der Waals surface area contributed by atoms with Gasteiger partial charge in [-0.3, -0.25) is 4.98 Å². The van der Waals surface area contributed by atoms with Crippen LogP contribution in [0.25, 0.3) is 0 Å². The fraction of sp³-hybridized carbons (Fsp3) is 0.571. The molecule has 1 heterocycles. The van der Waals surface area contributed by atoms with Gasteiger partial charge in [-0.25, -0.2) is 0 Å². The Kier molecular flexibility index (Phi) is 5.28. The molecule has 2 N–H and O–H groups in total. The molecule has 0 aliphatic heterocycles. The van der Waals surface area contributed by atoms with Crippen LogP contribution in [0.5, 0.6) is 0 Å². The van der Waals surface area contributed by atoms with Gasteiger partial charge in [-0.05, 0) is 26.8 Å². The number of aryl methyl sites for hydroxylation is 2. The average molecular weight is 263 g/mol. The van der Waals surface area contributed by atoms with Crippen molar-refractivity contribution < 1.29 is 9.84 Å². The van der Waals surface area contributed by atoms with Gasteiger partial charge in [0.15, 0.2) is 0 Å². The SMILES string of the molecule is COCCC(C)(O)CNc1cc(C)nc(C)c1C#N. The van der Waals surface area contributed by atoms with Gasteiger partial charge in [0.1, 0.15) is 6.07 Å². The molecule has 0 fully saturated rings. The average Bonchev–Trinajstić information content (AvgIpc) is 2.33. The lowest BCUT2D eigenvalue weighted by molar-refractivity contribution is 0.0357. The summed E-state index contributed by atoms with van der Waals surface area (Å²) in [4.78, 5) is 4.25. The molecule has 0 radical (unpaired) electrons. The van der Waals surface area contributed by atoms with Crippen LogP contribution in [0.3, 0.4) is 0 Å². The second kappa shape index (κ2) is 6.50. The van der Waals surface area contributed by atoms with E-state index in [9.17, 15) is 5.11 Å². The molecule has 104 valence electrons. The first-order valence-corrected chi connectivity index (χ1v) is 6.23. The number of nitriles is 1. The van der Waals surface area contributed by atoms with E-state index < -0.39 is 5.60 Å². The van der Waals surface area contributed by atoms with Crippen molar-refractivity contribution in [3.63, 3.8) is 0 Å². The summed E-state index contributed by atoms with van der Waals surface area (Å²) >= 11 is 0. The van der Waals surface area contributed by atoms with E-state index in [1.54, 1.807) is 21.0 Å². The zero-order chi connectivity index (χ0) is 14.5. The Labute approximate surface area is 114 Å². The minimum Gasteiger partial charge on any atom is -0.388 e. The van der Waals surface area contributed by atoms with E-state index in [0.29, 0.717) is 36.5 Å². The lowest BCUT2D eigenvalue weighted by Crippen LogP contribution is -2.34. The van der Waals surface area contributed by atoms with Gasteiger partial charge in [-0.2, -0.15) is 5.26 Å². The minimum absolute atomic E-state index is 0.355. The van der Waals surface area contributed by atoms with Gasteiger partial charge in [-0.1, -0.05) is 0 Å². The second-order valence-corrected chi connectivity index (χ2v) is 4.98. The minimum atomic E-state index is -0.881. The van der Waals surface area contributed by atoms with Gasteiger partial charge >= 0.3 is 0 Å². The molecule has 0 aliphatic carbocycles. The summed E-state index contributed by atoms with van der Waals surface area (Å²) in [5.41, 5.74) is 1.89. The highest BCUT2D eigenvalue weighted by Crippen LogP contribution is 2.20. The summed E-state index contributed by atoms with van der Waals surface area (Å²) in [6.45, 7) is 6.27. The number of nitrogens with one attached hydrogen (secondary N) is 1. The Morgan fingerprint density at radius 2 is 2.21 bits per heavy atom. The van der Waals surface area contributed by atoms with E-state index in [-0.39, 0.29) is 0 Å². The Morgan fingerprint density at radius 3 is 2.79 bits per heavy atom. The predicted molar refractivity (Wildman–Crippen MR) is 74.0 cm³/mol.